The maximum Gasteiger partial charge on any atom is 0.136 e. The van der Waals surface area contributed by atoms with E-state index in [4.69, 9.17) is 41.2 Å². The summed E-state index contributed by atoms with van der Waals surface area (Å²) in [7, 11) is 0. The number of nitrogens with zero attached hydrogens (tertiary/aromatic N) is 1. The molecule has 0 atom stereocenters. The number of benzene rings is 1. The van der Waals surface area contributed by atoms with Gasteiger partial charge in [0.25, 0.3) is 0 Å². The molecule has 2 rings (SSSR count). The Labute approximate surface area is 90.4 Å². The summed E-state index contributed by atoms with van der Waals surface area (Å²) in [6.07, 6.45) is 0. The van der Waals surface area contributed by atoms with Crippen molar-refractivity contribution in [2.75, 3.05) is 0 Å². The highest BCUT2D eigenvalue weighted by Gasteiger charge is 2.19. The van der Waals surface area contributed by atoms with Gasteiger partial charge in [0, 0.05) is 11.1 Å². The fourth-order valence-electron chi connectivity index (χ4n) is 1.17. The van der Waals surface area contributed by atoms with Crippen LogP contribution >= 0.6 is 35.4 Å². The van der Waals surface area contributed by atoms with E-state index in [0.717, 1.165) is 11.1 Å². The fraction of sp³-hybridized carbons (Fsp3) is 0. The lowest BCUT2D eigenvalue weighted by molar-refractivity contribution is 1.59. The van der Waals surface area contributed by atoms with Gasteiger partial charge in [0.15, 0.2) is 0 Å². The topological polar surface area (TPSA) is 38.4 Å². The van der Waals surface area contributed by atoms with Crippen LogP contribution in [0.2, 0.25) is 10.0 Å². The van der Waals surface area contributed by atoms with Crippen LogP contribution in [0.25, 0.3) is 0 Å². The Morgan fingerprint density at radius 2 is 1.69 bits per heavy atom. The van der Waals surface area contributed by atoms with Gasteiger partial charge in [-0.3, -0.25) is 0 Å². The highest BCUT2D eigenvalue weighted by molar-refractivity contribution is 7.80. The van der Waals surface area contributed by atoms with E-state index in [1.54, 1.807) is 12.1 Å². The molecule has 66 valence electrons. The lowest BCUT2D eigenvalue weighted by atomic mass is 10.1. The van der Waals surface area contributed by atoms with Gasteiger partial charge in [-0.15, -0.1) is 0 Å². The first-order valence-electron chi connectivity index (χ1n) is 3.47. The third-order valence-electron chi connectivity index (χ3n) is 1.79. The van der Waals surface area contributed by atoms with Gasteiger partial charge >= 0.3 is 0 Å². The fourth-order valence-corrected chi connectivity index (χ4v) is 1.76. The Balaban J connectivity index is 2.72. The Morgan fingerprint density at radius 3 is 2.31 bits per heavy atom. The summed E-state index contributed by atoms with van der Waals surface area (Å²) in [6.45, 7) is 0. The summed E-state index contributed by atoms with van der Waals surface area (Å²) in [4.78, 5) is 4.41. The number of thiocarbonyl (C=S) groups is 1. The maximum atomic E-state index is 5.82. The Morgan fingerprint density at radius 1 is 1.15 bits per heavy atom. The Hall–Kier alpha value is -0.640. The maximum absolute atomic E-state index is 5.82. The van der Waals surface area contributed by atoms with Gasteiger partial charge in [-0.05, 0) is 12.1 Å². The van der Waals surface area contributed by atoms with Gasteiger partial charge in [0.1, 0.15) is 10.8 Å². The average Bonchev–Trinajstić information content (AvgIpc) is 2.31. The summed E-state index contributed by atoms with van der Waals surface area (Å²) in [5, 5.41) is 0.927. The van der Waals surface area contributed by atoms with Gasteiger partial charge < -0.3 is 5.73 Å². The number of amidine groups is 1. The molecule has 5 heteroatoms. The first-order chi connectivity index (χ1) is 6.09. The Bertz CT molecular complexity index is 440. The van der Waals surface area contributed by atoms with Crippen molar-refractivity contribution in [1.82, 2.24) is 0 Å². The van der Waals surface area contributed by atoms with Crippen LogP contribution in [-0.4, -0.2) is 10.8 Å². The molecule has 0 aliphatic carbocycles. The van der Waals surface area contributed by atoms with Crippen LogP contribution in [0.4, 0.5) is 0 Å². The van der Waals surface area contributed by atoms with Crippen molar-refractivity contribution < 1.29 is 0 Å². The van der Waals surface area contributed by atoms with Crippen molar-refractivity contribution in [2.45, 2.75) is 0 Å². The third kappa shape index (κ3) is 1.33. The largest absolute Gasteiger partial charge is 0.383 e. The molecule has 13 heavy (non-hydrogen) atoms. The minimum absolute atomic E-state index is 0.401. The first kappa shape index (κ1) is 8.94. The van der Waals surface area contributed by atoms with Crippen molar-refractivity contribution in [3.63, 3.8) is 0 Å². The SMILES string of the molecule is NC1=NC(=S)c2cc(Cl)c(Cl)cc21. The molecule has 1 aliphatic rings. The van der Waals surface area contributed by atoms with E-state index in [-0.39, 0.29) is 0 Å². The lowest BCUT2D eigenvalue weighted by Crippen LogP contribution is -2.10. The van der Waals surface area contributed by atoms with E-state index in [9.17, 15) is 0 Å². The van der Waals surface area contributed by atoms with Crippen LogP contribution in [-0.2, 0) is 0 Å². The molecular formula is C8H4Cl2N2S. The van der Waals surface area contributed by atoms with Crippen LogP contribution in [0.5, 0.6) is 0 Å². The second-order valence-corrected chi connectivity index (χ2v) is 3.82. The van der Waals surface area contributed by atoms with E-state index < -0.39 is 0 Å². The summed E-state index contributed by atoms with van der Waals surface area (Å²) in [5.74, 6) is 0.401. The quantitative estimate of drug-likeness (QED) is 0.696. The number of hydrogen-bond acceptors (Lipinski definition) is 2. The molecule has 1 aromatic carbocycles. The number of halogens is 2. The van der Waals surface area contributed by atoms with Crippen molar-refractivity contribution in [2.24, 2.45) is 10.7 Å². The molecule has 0 unspecified atom stereocenters. The van der Waals surface area contributed by atoms with Gasteiger partial charge in [-0.1, -0.05) is 35.4 Å². The molecule has 0 radical (unpaired) electrons. The smallest absolute Gasteiger partial charge is 0.136 e. The van der Waals surface area contributed by atoms with Crippen LogP contribution in [0, 0.1) is 0 Å². The van der Waals surface area contributed by atoms with Gasteiger partial charge in [0.05, 0.1) is 10.0 Å². The van der Waals surface area contributed by atoms with E-state index in [0.29, 0.717) is 20.9 Å². The summed E-state index contributed by atoms with van der Waals surface area (Å²) in [5.41, 5.74) is 7.16. The average molecular weight is 231 g/mol. The van der Waals surface area contributed by atoms with Gasteiger partial charge in [-0.2, -0.15) is 0 Å². The zero-order chi connectivity index (χ0) is 9.59. The highest BCUT2D eigenvalue weighted by atomic mass is 35.5. The molecule has 1 aliphatic heterocycles. The molecule has 0 fully saturated rings. The third-order valence-corrected chi connectivity index (χ3v) is 2.82. The predicted octanol–water partition coefficient (Wildman–Crippen LogP) is 2.39. The van der Waals surface area contributed by atoms with Crippen molar-refractivity contribution in [3.8, 4) is 0 Å². The zero-order valence-electron chi connectivity index (χ0n) is 6.34. The van der Waals surface area contributed by atoms with E-state index in [1.807, 2.05) is 0 Å². The number of nitrogens with two attached hydrogens (primary N) is 1. The molecule has 0 spiro atoms. The van der Waals surface area contributed by atoms with E-state index in [2.05, 4.69) is 4.99 Å². The van der Waals surface area contributed by atoms with Crippen molar-refractivity contribution in [3.05, 3.63) is 33.3 Å². The molecule has 2 N–H and O–H groups in total. The van der Waals surface area contributed by atoms with Crippen LogP contribution in [0.3, 0.4) is 0 Å². The minimum atomic E-state index is 0.401. The summed E-state index contributed by atoms with van der Waals surface area (Å²) in [6, 6.07) is 3.36. The predicted molar refractivity (Wildman–Crippen MR) is 58.9 cm³/mol. The van der Waals surface area contributed by atoms with Gasteiger partial charge in [-0.25, -0.2) is 4.99 Å². The second kappa shape index (κ2) is 2.94. The highest BCUT2D eigenvalue weighted by Crippen LogP contribution is 2.29. The number of fused-ring (bicyclic) bond motifs is 1. The van der Waals surface area contributed by atoms with Crippen LogP contribution in [0.1, 0.15) is 11.1 Å². The zero-order valence-corrected chi connectivity index (χ0v) is 8.67. The van der Waals surface area contributed by atoms with E-state index in [1.165, 1.54) is 0 Å². The summed E-state index contributed by atoms with van der Waals surface area (Å²) < 4.78 is 0. The van der Waals surface area contributed by atoms with Gasteiger partial charge in [0.2, 0.25) is 0 Å². The normalized spacial score (nSPS) is 14.3. The number of rotatable bonds is 0. The Kier molecular flexibility index (Phi) is 2.02. The van der Waals surface area contributed by atoms with Crippen LogP contribution in [0.15, 0.2) is 17.1 Å². The molecule has 0 saturated carbocycles. The van der Waals surface area contributed by atoms with Crippen molar-refractivity contribution >= 4 is 46.2 Å². The summed E-state index contributed by atoms with van der Waals surface area (Å²) >= 11 is 16.6. The molecule has 1 heterocycles. The second-order valence-electron chi connectivity index (χ2n) is 2.61. The molecule has 0 amide bonds. The monoisotopic (exact) mass is 230 g/mol. The molecule has 0 saturated heterocycles. The standard InChI is InChI=1S/C8H4Cl2N2S/c9-5-1-3-4(2-6(5)10)8(13)12-7(3)11/h1-2H,(H2,11,12,13). The molecule has 2 nitrogen and oxygen atoms in total. The number of aliphatic imine (C=N–C) groups is 1. The molecular weight excluding hydrogens is 227 g/mol. The van der Waals surface area contributed by atoms with E-state index >= 15 is 0 Å². The van der Waals surface area contributed by atoms with Crippen LogP contribution < -0.4 is 5.73 Å². The van der Waals surface area contributed by atoms with Crippen molar-refractivity contribution in [1.29, 1.82) is 0 Å². The minimum Gasteiger partial charge on any atom is -0.383 e. The lowest BCUT2D eigenvalue weighted by Gasteiger charge is -2.01. The number of hydrogen-bond donors (Lipinski definition) is 1. The molecule has 0 bridgehead atoms. The molecule has 0 aromatic heterocycles. The first-order valence-corrected chi connectivity index (χ1v) is 4.64. The molecule has 1 aromatic rings.